The van der Waals surface area contributed by atoms with Crippen molar-refractivity contribution in [2.24, 2.45) is 0 Å². The highest BCUT2D eigenvalue weighted by molar-refractivity contribution is 5.97. The molecule has 2 aromatic rings. The third-order valence-electron chi connectivity index (χ3n) is 3.34. The predicted octanol–water partition coefficient (Wildman–Crippen LogP) is 2.74. The minimum atomic E-state index is -0.0777. The molecule has 1 aromatic heterocycles. The lowest BCUT2D eigenvalue weighted by Gasteiger charge is -2.08. The lowest BCUT2D eigenvalue weighted by molar-refractivity contribution is 0.101. The summed E-state index contributed by atoms with van der Waals surface area (Å²) in [7, 11) is 1.53. The molecule has 1 aliphatic carbocycles. The molecule has 0 amide bonds. The van der Waals surface area contributed by atoms with Crippen molar-refractivity contribution in [3.63, 3.8) is 0 Å². The standard InChI is InChI=1S/C15H16N2O4/c1-9(18)12-7-11(5-6-13(12)19-2)20-8-14-16-15(17-21-14)10-3-4-10/h5-7,10H,3-4,8H2,1-2H3. The second-order valence-electron chi connectivity index (χ2n) is 5.03. The Bertz CT molecular complexity index is 661. The molecule has 0 N–H and O–H groups in total. The highest BCUT2D eigenvalue weighted by atomic mass is 16.5. The van der Waals surface area contributed by atoms with Gasteiger partial charge in [-0.05, 0) is 38.0 Å². The average molecular weight is 288 g/mol. The van der Waals surface area contributed by atoms with E-state index in [0.717, 1.165) is 18.7 Å². The number of benzene rings is 1. The van der Waals surface area contributed by atoms with Crippen LogP contribution in [0.5, 0.6) is 11.5 Å². The van der Waals surface area contributed by atoms with Crippen molar-refractivity contribution >= 4 is 5.78 Å². The molecule has 6 heteroatoms. The Hall–Kier alpha value is -2.37. The zero-order valence-corrected chi connectivity index (χ0v) is 12.0. The van der Waals surface area contributed by atoms with Crippen molar-refractivity contribution < 1.29 is 18.8 Å². The number of hydrogen-bond donors (Lipinski definition) is 0. The lowest BCUT2D eigenvalue weighted by atomic mass is 10.1. The van der Waals surface area contributed by atoms with Crippen molar-refractivity contribution in [1.82, 2.24) is 10.1 Å². The molecule has 1 fully saturated rings. The van der Waals surface area contributed by atoms with Crippen LogP contribution in [-0.2, 0) is 6.61 Å². The summed E-state index contributed by atoms with van der Waals surface area (Å²) in [5.74, 6) is 2.67. The Labute approximate surface area is 122 Å². The zero-order chi connectivity index (χ0) is 14.8. The van der Waals surface area contributed by atoms with Crippen LogP contribution in [0.4, 0.5) is 0 Å². The topological polar surface area (TPSA) is 74.5 Å². The van der Waals surface area contributed by atoms with Gasteiger partial charge in [-0.3, -0.25) is 4.79 Å². The summed E-state index contributed by atoms with van der Waals surface area (Å²) < 4.78 is 15.9. The van der Waals surface area contributed by atoms with Gasteiger partial charge in [0.1, 0.15) is 11.5 Å². The van der Waals surface area contributed by atoms with E-state index >= 15 is 0 Å². The molecule has 1 aliphatic rings. The normalized spacial score (nSPS) is 14.0. The highest BCUT2D eigenvalue weighted by Crippen LogP contribution is 2.38. The van der Waals surface area contributed by atoms with E-state index in [1.807, 2.05) is 0 Å². The van der Waals surface area contributed by atoms with Crippen molar-refractivity contribution in [1.29, 1.82) is 0 Å². The molecule has 21 heavy (non-hydrogen) atoms. The minimum absolute atomic E-state index is 0.0777. The number of carbonyl (C=O) groups is 1. The molecule has 0 bridgehead atoms. The monoisotopic (exact) mass is 288 g/mol. The van der Waals surface area contributed by atoms with E-state index in [1.54, 1.807) is 18.2 Å². The SMILES string of the molecule is COc1ccc(OCc2nc(C3CC3)no2)cc1C(C)=O. The third-order valence-corrected chi connectivity index (χ3v) is 3.34. The van der Waals surface area contributed by atoms with Gasteiger partial charge in [0.15, 0.2) is 18.2 Å². The first-order chi connectivity index (χ1) is 10.2. The van der Waals surface area contributed by atoms with Gasteiger partial charge in [-0.25, -0.2) is 0 Å². The molecule has 0 saturated heterocycles. The maximum atomic E-state index is 11.6. The summed E-state index contributed by atoms with van der Waals surface area (Å²) in [5.41, 5.74) is 0.485. The number of nitrogens with zero attached hydrogens (tertiary/aromatic N) is 2. The molecule has 6 nitrogen and oxygen atoms in total. The zero-order valence-electron chi connectivity index (χ0n) is 12.0. The third kappa shape index (κ3) is 3.04. The fraction of sp³-hybridized carbons (Fsp3) is 0.400. The maximum Gasteiger partial charge on any atom is 0.264 e. The number of methoxy groups -OCH3 is 1. The number of Topliss-reactive ketones (excluding diaryl/α,β-unsaturated/α-hetero) is 1. The van der Waals surface area contributed by atoms with Gasteiger partial charge in [-0.1, -0.05) is 5.16 Å². The van der Waals surface area contributed by atoms with Gasteiger partial charge in [0.05, 0.1) is 12.7 Å². The summed E-state index contributed by atoms with van der Waals surface area (Å²) >= 11 is 0. The fourth-order valence-corrected chi connectivity index (χ4v) is 2.03. The van der Waals surface area contributed by atoms with E-state index < -0.39 is 0 Å². The molecule has 110 valence electrons. The summed E-state index contributed by atoms with van der Waals surface area (Å²) in [6, 6.07) is 5.10. The number of aromatic nitrogens is 2. The summed E-state index contributed by atoms with van der Waals surface area (Å²) in [5, 5.41) is 3.92. The van der Waals surface area contributed by atoms with Crippen molar-refractivity contribution in [3.8, 4) is 11.5 Å². The van der Waals surface area contributed by atoms with Crippen LogP contribution in [0.15, 0.2) is 22.7 Å². The first-order valence-corrected chi connectivity index (χ1v) is 6.81. The van der Waals surface area contributed by atoms with E-state index in [4.69, 9.17) is 14.0 Å². The number of carbonyl (C=O) groups excluding carboxylic acids is 1. The number of ketones is 1. The molecule has 1 aromatic carbocycles. The lowest BCUT2D eigenvalue weighted by Crippen LogP contribution is -2.00. The number of hydrogen-bond acceptors (Lipinski definition) is 6. The predicted molar refractivity (Wildman–Crippen MR) is 73.6 cm³/mol. The van der Waals surface area contributed by atoms with Gasteiger partial charge < -0.3 is 14.0 Å². The van der Waals surface area contributed by atoms with Crippen molar-refractivity contribution in [2.45, 2.75) is 32.3 Å². The molecule has 0 unspecified atom stereocenters. The van der Waals surface area contributed by atoms with Crippen molar-refractivity contribution in [3.05, 3.63) is 35.5 Å². The Morgan fingerprint density at radius 3 is 2.90 bits per heavy atom. The average Bonchev–Trinajstić information content (AvgIpc) is 3.24. The molecule has 1 heterocycles. The van der Waals surface area contributed by atoms with E-state index in [1.165, 1.54) is 14.0 Å². The van der Waals surface area contributed by atoms with Crippen LogP contribution in [0, 0.1) is 0 Å². The molecular weight excluding hydrogens is 272 g/mol. The summed E-state index contributed by atoms with van der Waals surface area (Å²) in [4.78, 5) is 15.8. The van der Waals surface area contributed by atoms with Crippen LogP contribution in [0.1, 0.15) is 47.8 Å². The van der Waals surface area contributed by atoms with E-state index in [-0.39, 0.29) is 12.4 Å². The van der Waals surface area contributed by atoms with E-state index in [0.29, 0.717) is 28.9 Å². The molecule has 0 atom stereocenters. The highest BCUT2D eigenvalue weighted by Gasteiger charge is 2.28. The Morgan fingerprint density at radius 1 is 1.43 bits per heavy atom. The number of rotatable bonds is 6. The van der Waals surface area contributed by atoms with Crippen LogP contribution in [-0.4, -0.2) is 23.0 Å². The van der Waals surface area contributed by atoms with E-state index in [9.17, 15) is 4.79 Å². The molecular formula is C15H16N2O4. The van der Waals surface area contributed by atoms with Crippen LogP contribution in [0.2, 0.25) is 0 Å². The Kier molecular flexibility index (Phi) is 3.60. The van der Waals surface area contributed by atoms with Crippen LogP contribution in [0.25, 0.3) is 0 Å². The smallest absolute Gasteiger partial charge is 0.264 e. The molecule has 0 spiro atoms. The van der Waals surface area contributed by atoms with E-state index in [2.05, 4.69) is 10.1 Å². The maximum absolute atomic E-state index is 11.6. The second-order valence-corrected chi connectivity index (χ2v) is 5.03. The number of ether oxygens (including phenoxy) is 2. The van der Waals surface area contributed by atoms with Gasteiger partial charge in [0, 0.05) is 5.92 Å². The minimum Gasteiger partial charge on any atom is -0.496 e. The van der Waals surface area contributed by atoms with Crippen LogP contribution in [0.3, 0.4) is 0 Å². The largest absolute Gasteiger partial charge is 0.496 e. The van der Waals surface area contributed by atoms with Gasteiger partial charge in [-0.2, -0.15) is 4.98 Å². The molecule has 1 saturated carbocycles. The van der Waals surface area contributed by atoms with Crippen LogP contribution < -0.4 is 9.47 Å². The van der Waals surface area contributed by atoms with Gasteiger partial charge in [0.2, 0.25) is 0 Å². The summed E-state index contributed by atoms with van der Waals surface area (Å²) in [6.45, 7) is 1.67. The van der Waals surface area contributed by atoms with Crippen LogP contribution >= 0.6 is 0 Å². The quantitative estimate of drug-likeness (QED) is 0.761. The Balaban J connectivity index is 1.69. The molecule has 0 radical (unpaired) electrons. The van der Waals surface area contributed by atoms with Gasteiger partial charge in [0.25, 0.3) is 5.89 Å². The van der Waals surface area contributed by atoms with Crippen molar-refractivity contribution in [2.75, 3.05) is 7.11 Å². The summed E-state index contributed by atoms with van der Waals surface area (Å²) in [6.07, 6.45) is 2.25. The van der Waals surface area contributed by atoms with Gasteiger partial charge >= 0.3 is 0 Å². The first kappa shape index (κ1) is 13.6. The second kappa shape index (κ2) is 5.55. The molecule has 0 aliphatic heterocycles. The molecule has 3 rings (SSSR count). The first-order valence-electron chi connectivity index (χ1n) is 6.81. The Morgan fingerprint density at radius 2 is 2.24 bits per heavy atom. The van der Waals surface area contributed by atoms with Gasteiger partial charge in [-0.15, -0.1) is 0 Å². The fourth-order valence-electron chi connectivity index (χ4n) is 2.03.